The summed E-state index contributed by atoms with van der Waals surface area (Å²) in [7, 11) is 1.56. The lowest BCUT2D eigenvalue weighted by atomic mass is 9.50. The topological polar surface area (TPSA) is 124 Å². The van der Waals surface area contributed by atoms with Crippen molar-refractivity contribution in [3.63, 3.8) is 0 Å². The van der Waals surface area contributed by atoms with Crippen LogP contribution in [0.4, 0.5) is 5.69 Å². The Morgan fingerprint density at radius 3 is 2.46 bits per heavy atom. The Morgan fingerprint density at radius 2 is 1.83 bits per heavy atom. The van der Waals surface area contributed by atoms with Crippen LogP contribution in [-0.2, 0) is 22.7 Å². The first-order valence-electron chi connectivity index (χ1n) is 13.7. The Labute approximate surface area is 244 Å². The smallest absolute Gasteiger partial charge is 0.306 e. The Morgan fingerprint density at radius 1 is 1.12 bits per heavy atom. The van der Waals surface area contributed by atoms with Gasteiger partial charge in [0.1, 0.15) is 0 Å². The van der Waals surface area contributed by atoms with Gasteiger partial charge in [0.25, 0.3) is 5.91 Å². The van der Waals surface area contributed by atoms with Crippen LogP contribution in [0.2, 0.25) is 5.02 Å². The van der Waals surface area contributed by atoms with E-state index in [9.17, 15) is 9.59 Å². The number of aliphatic carboxylic acids is 1. The number of carbonyl (C=O) groups is 3. The molecule has 2 saturated carbocycles. The van der Waals surface area contributed by atoms with Crippen LogP contribution in [0.1, 0.15) is 52.9 Å². The Kier molecular flexibility index (Phi) is 8.28. The summed E-state index contributed by atoms with van der Waals surface area (Å²) >= 11 is 6.51. The average molecular weight is 576 g/mol. The summed E-state index contributed by atoms with van der Waals surface area (Å²) in [4.78, 5) is 38.1. The molecule has 0 radical (unpaired) electrons. The van der Waals surface area contributed by atoms with Crippen molar-refractivity contribution >= 4 is 35.6 Å². The van der Waals surface area contributed by atoms with Crippen LogP contribution in [0.25, 0.3) is 11.3 Å². The summed E-state index contributed by atoms with van der Waals surface area (Å²) < 4.78 is 0. The van der Waals surface area contributed by atoms with Gasteiger partial charge in [-0.05, 0) is 67.9 Å². The highest BCUT2D eigenvalue weighted by atomic mass is 35.5. The number of nitrogens with zero attached hydrogens (tertiary/aromatic N) is 2. The highest BCUT2D eigenvalue weighted by Gasteiger charge is 2.55. The van der Waals surface area contributed by atoms with E-state index in [4.69, 9.17) is 21.5 Å². The minimum atomic E-state index is -0.705. The van der Waals surface area contributed by atoms with Crippen LogP contribution in [0.5, 0.6) is 0 Å². The number of rotatable bonds is 7. The monoisotopic (exact) mass is 575 g/mol. The molecule has 4 N–H and O–H groups in total. The van der Waals surface area contributed by atoms with E-state index in [0.29, 0.717) is 30.1 Å². The average Bonchev–Trinajstić information content (AvgIpc) is 3.34. The number of nitrogens with one attached hydrogen (secondary N) is 3. The molecule has 0 saturated heterocycles. The van der Waals surface area contributed by atoms with E-state index in [1.807, 2.05) is 30.1 Å². The van der Waals surface area contributed by atoms with Crippen LogP contribution in [0, 0.1) is 18.3 Å². The number of benzene rings is 2. The molecule has 2 amide bonds. The number of hydrazine groups is 1. The zero-order valence-corrected chi connectivity index (χ0v) is 23.9. The number of aryl methyl sites for hydroxylation is 1. The van der Waals surface area contributed by atoms with Gasteiger partial charge in [-0.1, -0.05) is 41.9 Å². The molecule has 9 nitrogen and oxygen atoms in total. The highest BCUT2D eigenvalue weighted by Crippen LogP contribution is 2.58. The number of halogens is 1. The molecule has 2 heterocycles. The third-order valence-corrected chi connectivity index (χ3v) is 8.54. The van der Waals surface area contributed by atoms with Crippen molar-refractivity contribution in [2.24, 2.45) is 11.3 Å². The Balaban J connectivity index is 0.000000794. The van der Waals surface area contributed by atoms with Crippen LogP contribution < -0.4 is 21.1 Å². The van der Waals surface area contributed by atoms with E-state index in [1.165, 1.54) is 0 Å². The van der Waals surface area contributed by atoms with E-state index < -0.39 is 5.97 Å². The summed E-state index contributed by atoms with van der Waals surface area (Å²) in [5.74, 6) is -1.04. The molecule has 1 aliphatic heterocycles. The predicted molar refractivity (Wildman–Crippen MR) is 157 cm³/mol. The molecule has 2 fully saturated rings. The molecule has 0 bridgehead atoms. The van der Waals surface area contributed by atoms with Gasteiger partial charge in [0.2, 0.25) is 6.41 Å². The second-order valence-electron chi connectivity index (χ2n) is 11.1. The van der Waals surface area contributed by atoms with Crippen LogP contribution in [-0.4, -0.2) is 41.5 Å². The minimum absolute atomic E-state index is 0.0826. The van der Waals surface area contributed by atoms with Crippen molar-refractivity contribution < 1.29 is 19.5 Å². The van der Waals surface area contributed by atoms with Crippen LogP contribution in [0.15, 0.2) is 54.6 Å². The summed E-state index contributed by atoms with van der Waals surface area (Å²) in [6, 6.07) is 18.0. The van der Waals surface area contributed by atoms with Crippen molar-refractivity contribution in [1.82, 2.24) is 21.0 Å². The fourth-order valence-corrected chi connectivity index (χ4v) is 6.39. The first kappa shape index (κ1) is 28.6. The quantitative estimate of drug-likeness (QED) is 0.306. The molecule has 0 atom stereocenters. The number of pyridine rings is 1. The van der Waals surface area contributed by atoms with Gasteiger partial charge in [-0.3, -0.25) is 19.4 Å². The van der Waals surface area contributed by atoms with Gasteiger partial charge in [-0.25, -0.2) is 5.43 Å². The van der Waals surface area contributed by atoms with E-state index in [2.05, 4.69) is 45.3 Å². The third kappa shape index (κ3) is 6.06. The van der Waals surface area contributed by atoms with Gasteiger partial charge in [-0.15, -0.1) is 0 Å². The van der Waals surface area contributed by atoms with E-state index >= 15 is 0 Å². The normalized spacial score (nSPS) is 22.0. The molecule has 3 aromatic rings. The van der Waals surface area contributed by atoms with Gasteiger partial charge in [0.05, 0.1) is 29.4 Å². The van der Waals surface area contributed by atoms with Crippen molar-refractivity contribution in [2.75, 3.05) is 12.1 Å². The molecule has 1 spiro atoms. The zero-order valence-electron chi connectivity index (χ0n) is 23.1. The molecule has 10 heteroatoms. The number of fused-ring (bicyclic) bond motifs is 1. The van der Waals surface area contributed by atoms with Gasteiger partial charge in [0, 0.05) is 41.5 Å². The number of carboxylic acid groups (broad SMARTS) is 1. The van der Waals surface area contributed by atoms with E-state index in [0.717, 1.165) is 59.4 Å². The largest absolute Gasteiger partial charge is 0.481 e. The lowest BCUT2D eigenvalue weighted by Gasteiger charge is -2.56. The van der Waals surface area contributed by atoms with Crippen molar-refractivity contribution in [3.8, 4) is 11.3 Å². The summed E-state index contributed by atoms with van der Waals surface area (Å²) in [5.41, 5.74) is 9.92. The first-order valence-corrected chi connectivity index (χ1v) is 14.1. The Hall–Kier alpha value is -3.95. The third-order valence-electron chi connectivity index (χ3n) is 8.19. The number of hydrogen-bond donors (Lipinski definition) is 4. The molecular weight excluding hydrogens is 542 g/mol. The molecule has 0 unspecified atom stereocenters. The van der Waals surface area contributed by atoms with Crippen LogP contribution >= 0.6 is 11.6 Å². The molecule has 41 heavy (non-hydrogen) atoms. The fraction of sp³-hybridized carbons (Fsp3) is 0.355. The van der Waals surface area contributed by atoms with E-state index in [1.54, 1.807) is 19.2 Å². The molecular formula is C31H34ClN5O4. The first-order chi connectivity index (χ1) is 19.7. The zero-order chi connectivity index (χ0) is 29.1. The second-order valence-corrected chi connectivity index (χ2v) is 11.5. The summed E-state index contributed by atoms with van der Waals surface area (Å²) in [5, 5.41) is 17.2. The molecule has 6 rings (SSSR count). The molecule has 214 valence electrons. The van der Waals surface area contributed by atoms with Gasteiger partial charge < -0.3 is 20.7 Å². The van der Waals surface area contributed by atoms with E-state index in [-0.39, 0.29) is 23.3 Å². The molecule has 2 aromatic carbocycles. The lowest BCUT2D eigenvalue weighted by molar-refractivity contribution is -0.155. The summed E-state index contributed by atoms with van der Waals surface area (Å²) in [6.45, 7) is 3.13. The number of amides is 2. The second kappa shape index (κ2) is 11.9. The van der Waals surface area contributed by atoms with Gasteiger partial charge in [0.15, 0.2) is 0 Å². The van der Waals surface area contributed by atoms with Crippen molar-refractivity contribution in [3.05, 3.63) is 82.0 Å². The fourth-order valence-electron chi connectivity index (χ4n) is 6.17. The number of anilines is 1. The lowest BCUT2D eigenvalue weighted by Crippen LogP contribution is -2.57. The van der Waals surface area contributed by atoms with Gasteiger partial charge in [-0.2, -0.15) is 0 Å². The molecule has 2 aliphatic carbocycles. The SMILES string of the molecule is CNC=O.Cc1cccc(-c2ccc(CN3NCc4c(Cl)ccc(C(=O)NC5CC6(C5)CC(C(=O)O)C6)c43)cc2)n1. The number of carbonyl (C=O) groups excluding carboxylic acids is 2. The number of hydrogen-bond acceptors (Lipinski definition) is 6. The standard InChI is InChI=1S/C29H29ClN4O3.C2H5NO/c1-17-3-2-4-25(32-17)19-7-5-18(6-8-19)16-34-26-22(9-10-24(30)23(26)15-31-34)27(35)33-21-13-29(14-21)11-20(12-29)28(36)37;1-3-2-4/h2-10,20-21,31H,11-16H2,1H3,(H,33,35)(H,36,37);2H,1H3,(H,3,4). The maximum atomic E-state index is 13.3. The molecule has 3 aliphatic rings. The Bertz CT molecular complexity index is 1450. The predicted octanol–water partition coefficient (Wildman–Crippen LogP) is 4.47. The number of carboxylic acids is 1. The van der Waals surface area contributed by atoms with Crippen LogP contribution in [0.3, 0.4) is 0 Å². The van der Waals surface area contributed by atoms with Crippen molar-refractivity contribution in [2.45, 2.75) is 51.7 Å². The van der Waals surface area contributed by atoms with Gasteiger partial charge >= 0.3 is 5.97 Å². The summed E-state index contributed by atoms with van der Waals surface area (Å²) in [6.07, 6.45) is 3.77. The van der Waals surface area contributed by atoms with Crippen molar-refractivity contribution in [1.29, 1.82) is 0 Å². The minimum Gasteiger partial charge on any atom is -0.481 e. The maximum Gasteiger partial charge on any atom is 0.306 e. The highest BCUT2D eigenvalue weighted by molar-refractivity contribution is 6.32. The molecule has 1 aromatic heterocycles. The number of aromatic nitrogens is 1. The maximum absolute atomic E-state index is 13.3.